The molecule has 4 N–H and O–H groups in total. The molecular weight excluding hydrogens is 398 g/mol. The summed E-state index contributed by atoms with van der Waals surface area (Å²) in [5.41, 5.74) is 18.5. The molecule has 32 heavy (non-hydrogen) atoms. The van der Waals surface area contributed by atoms with Gasteiger partial charge in [-0.05, 0) is 43.0 Å². The molecule has 0 fully saturated rings. The van der Waals surface area contributed by atoms with Crippen LogP contribution in [0.3, 0.4) is 0 Å². The predicted octanol–water partition coefficient (Wildman–Crippen LogP) is 5.11. The molecule has 0 aliphatic rings. The van der Waals surface area contributed by atoms with Crippen LogP contribution in [0.15, 0.2) is 36.4 Å². The number of ether oxygens (including phenoxy) is 1. The van der Waals surface area contributed by atoms with Crippen molar-refractivity contribution >= 4 is 27.8 Å². The summed E-state index contributed by atoms with van der Waals surface area (Å²) in [6.45, 7) is 8.24. The molecule has 0 spiro atoms. The number of pyridine rings is 1. The summed E-state index contributed by atoms with van der Waals surface area (Å²) in [5.74, 6) is 2.45. The van der Waals surface area contributed by atoms with Crippen molar-refractivity contribution in [3.8, 4) is 5.75 Å². The van der Waals surface area contributed by atoms with Crippen molar-refractivity contribution < 1.29 is 4.74 Å². The third kappa shape index (κ3) is 4.15. The average Bonchev–Trinajstić information content (AvgIpc) is 3.15. The second-order valence-corrected chi connectivity index (χ2v) is 8.38. The highest BCUT2D eigenvalue weighted by Crippen LogP contribution is 2.31. The highest BCUT2D eigenvalue weighted by molar-refractivity contribution is 6.06. The minimum absolute atomic E-state index is 0.445. The Morgan fingerprint density at radius 3 is 2.62 bits per heavy atom. The van der Waals surface area contributed by atoms with Gasteiger partial charge in [0.1, 0.15) is 17.1 Å². The van der Waals surface area contributed by atoms with Crippen LogP contribution < -0.4 is 16.2 Å². The number of imidazole rings is 1. The van der Waals surface area contributed by atoms with E-state index in [2.05, 4.69) is 48.5 Å². The van der Waals surface area contributed by atoms with Gasteiger partial charge in [0.2, 0.25) is 0 Å². The zero-order chi connectivity index (χ0) is 22.7. The molecule has 4 rings (SSSR count). The molecule has 2 heterocycles. The molecule has 6 nitrogen and oxygen atoms in total. The van der Waals surface area contributed by atoms with Crippen LogP contribution in [0.2, 0.25) is 0 Å². The fraction of sp³-hybridized carbons (Fsp3) is 0.385. The van der Waals surface area contributed by atoms with Crippen LogP contribution in [-0.2, 0) is 19.5 Å². The normalized spacial score (nSPS) is 11.5. The number of rotatable bonds is 9. The summed E-state index contributed by atoms with van der Waals surface area (Å²) < 4.78 is 8.31. The minimum atomic E-state index is 0.445. The highest BCUT2D eigenvalue weighted by atomic mass is 16.5. The number of aromatic nitrogens is 3. The van der Waals surface area contributed by atoms with Crippen LogP contribution in [0, 0.1) is 6.92 Å². The van der Waals surface area contributed by atoms with E-state index in [1.165, 1.54) is 5.56 Å². The van der Waals surface area contributed by atoms with Gasteiger partial charge in [0, 0.05) is 30.5 Å². The van der Waals surface area contributed by atoms with Gasteiger partial charge in [-0.2, -0.15) is 0 Å². The van der Waals surface area contributed by atoms with Crippen molar-refractivity contribution in [2.45, 2.75) is 59.5 Å². The number of nitrogens with two attached hydrogens (primary N) is 2. The van der Waals surface area contributed by atoms with E-state index in [1.54, 1.807) is 0 Å². The number of aryl methyl sites for hydroxylation is 2. The van der Waals surface area contributed by atoms with Gasteiger partial charge in [-0.15, -0.1) is 0 Å². The van der Waals surface area contributed by atoms with Crippen LogP contribution in [-0.4, -0.2) is 21.1 Å². The van der Waals surface area contributed by atoms with Crippen molar-refractivity contribution in [1.82, 2.24) is 14.5 Å². The molecule has 0 atom stereocenters. The molecule has 0 aliphatic heterocycles. The number of unbranched alkanes of at least 4 members (excludes halogenated alkanes) is 1. The summed E-state index contributed by atoms with van der Waals surface area (Å²) in [4.78, 5) is 9.54. The van der Waals surface area contributed by atoms with E-state index in [4.69, 9.17) is 21.2 Å². The van der Waals surface area contributed by atoms with Gasteiger partial charge in [0.25, 0.3) is 0 Å². The number of benzene rings is 2. The second-order valence-electron chi connectivity index (χ2n) is 8.38. The third-order valence-electron chi connectivity index (χ3n) is 5.87. The molecule has 0 saturated carbocycles. The fourth-order valence-electron chi connectivity index (χ4n) is 4.37. The summed E-state index contributed by atoms with van der Waals surface area (Å²) in [6.07, 6.45) is 4.05. The van der Waals surface area contributed by atoms with Crippen molar-refractivity contribution in [3.63, 3.8) is 0 Å². The molecule has 2 aromatic heterocycles. The Kier molecular flexibility index (Phi) is 6.61. The number of nitrogens with zero attached hydrogens (tertiary/aromatic N) is 3. The Labute approximate surface area is 189 Å². The molecule has 0 bridgehead atoms. The maximum Gasteiger partial charge on any atom is 0.152 e. The maximum atomic E-state index is 6.34. The van der Waals surface area contributed by atoms with Crippen molar-refractivity contribution in [2.24, 2.45) is 5.73 Å². The molecule has 0 amide bonds. The van der Waals surface area contributed by atoms with E-state index in [0.717, 1.165) is 70.3 Å². The van der Waals surface area contributed by atoms with Crippen molar-refractivity contribution in [2.75, 3.05) is 12.3 Å². The quantitative estimate of drug-likeness (QED) is 0.384. The molecule has 0 aliphatic carbocycles. The summed E-state index contributed by atoms with van der Waals surface area (Å²) in [7, 11) is 0. The number of fused-ring (bicyclic) bond motifs is 3. The average molecular weight is 432 g/mol. The lowest BCUT2D eigenvalue weighted by molar-refractivity contribution is 0.312. The first-order chi connectivity index (χ1) is 15.6. The monoisotopic (exact) mass is 431 g/mol. The first-order valence-corrected chi connectivity index (χ1v) is 11.6. The van der Waals surface area contributed by atoms with Crippen LogP contribution in [0.5, 0.6) is 5.75 Å². The largest absolute Gasteiger partial charge is 0.493 e. The summed E-state index contributed by atoms with van der Waals surface area (Å²) in [5, 5.41) is 1.07. The van der Waals surface area contributed by atoms with Gasteiger partial charge in [-0.25, -0.2) is 9.97 Å². The number of anilines is 1. The number of hydrogen-bond donors (Lipinski definition) is 2. The van der Waals surface area contributed by atoms with Gasteiger partial charge in [0.15, 0.2) is 5.82 Å². The lowest BCUT2D eigenvalue weighted by Crippen LogP contribution is -2.09. The highest BCUT2D eigenvalue weighted by Gasteiger charge is 2.18. The SMILES string of the molecule is CCCCc1nc2c(N)nc3ccccc3c2n1Cc1cc(C)c(OCCC)c(CN)c1. The van der Waals surface area contributed by atoms with Gasteiger partial charge >= 0.3 is 0 Å². The van der Waals surface area contributed by atoms with Crippen LogP contribution >= 0.6 is 0 Å². The van der Waals surface area contributed by atoms with Crippen molar-refractivity contribution in [3.05, 3.63) is 58.9 Å². The lowest BCUT2D eigenvalue weighted by atomic mass is 10.0. The van der Waals surface area contributed by atoms with E-state index < -0.39 is 0 Å². The molecule has 4 aromatic rings. The first-order valence-electron chi connectivity index (χ1n) is 11.6. The lowest BCUT2D eigenvalue weighted by Gasteiger charge is -2.17. The topological polar surface area (TPSA) is 92.0 Å². The van der Waals surface area contributed by atoms with Crippen LogP contribution in [0.25, 0.3) is 21.9 Å². The van der Waals surface area contributed by atoms with Crippen molar-refractivity contribution in [1.29, 1.82) is 0 Å². The molecule has 6 heteroatoms. The molecule has 0 saturated heterocycles. The van der Waals surface area contributed by atoms with E-state index >= 15 is 0 Å². The third-order valence-corrected chi connectivity index (χ3v) is 5.87. The number of para-hydroxylation sites is 1. The smallest absolute Gasteiger partial charge is 0.152 e. The van der Waals surface area contributed by atoms with Gasteiger partial charge in [0.05, 0.1) is 17.6 Å². The zero-order valence-corrected chi connectivity index (χ0v) is 19.3. The zero-order valence-electron chi connectivity index (χ0n) is 19.3. The fourth-order valence-corrected chi connectivity index (χ4v) is 4.37. The first kappa shape index (κ1) is 22.1. The molecule has 0 unspecified atom stereocenters. The Bertz CT molecular complexity index is 1240. The molecule has 0 radical (unpaired) electrons. The van der Waals surface area contributed by atoms with Gasteiger partial charge in [-0.3, -0.25) is 0 Å². The summed E-state index contributed by atoms with van der Waals surface area (Å²) in [6, 6.07) is 12.5. The summed E-state index contributed by atoms with van der Waals surface area (Å²) >= 11 is 0. The number of hydrogen-bond acceptors (Lipinski definition) is 5. The Morgan fingerprint density at radius 1 is 1.06 bits per heavy atom. The molecule has 2 aromatic carbocycles. The molecule has 168 valence electrons. The van der Waals surface area contributed by atoms with Gasteiger partial charge < -0.3 is 20.8 Å². The Hall–Kier alpha value is -3.12. The second kappa shape index (κ2) is 9.57. The van der Waals surface area contributed by atoms with E-state index in [-0.39, 0.29) is 0 Å². The minimum Gasteiger partial charge on any atom is -0.493 e. The maximum absolute atomic E-state index is 6.34. The molecular formula is C26H33N5O. The van der Waals surface area contributed by atoms with E-state index in [9.17, 15) is 0 Å². The Balaban J connectivity index is 1.87. The van der Waals surface area contributed by atoms with Gasteiger partial charge in [-0.1, -0.05) is 44.5 Å². The Morgan fingerprint density at radius 2 is 1.88 bits per heavy atom. The standard InChI is InChI=1S/C26H33N5O/c1-4-6-11-22-30-23-24(20-9-7-8-10-21(20)29-26(23)28)31(22)16-18-13-17(3)25(32-12-5-2)19(14-18)15-27/h7-10,13-14H,4-6,11-12,15-16,27H2,1-3H3,(H2,28,29). The van der Waals surface area contributed by atoms with E-state index in [0.29, 0.717) is 25.5 Å². The van der Waals surface area contributed by atoms with E-state index in [1.807, 2.05) is 18.2 Å². The van der Waals surface area contributed by atoms with Crippen LogP contribution in [0.4, 0.5) is 5.82 Å². The predicted molar refractivity (Wildman–Crippen MR) is 132 cm³/mol. The van der Waals surface area contributed by atoms with Crippen LogP contribution in [0.1, 0.15) is 55.6 Å². The number of nitrogen functional groups attached to an aromatic ring is 1.